The lowest BCUT2D eigenvalue weighted by Gasteiger charge is -2.42. The van der Waals surface area contributed by atoms with E-state index in [1.54, 1.807) is 6.20 Å². The number of carbonyl (C=O) groups is 1. The molecule has 0 spiro atoms. The van der Waals surface area contributed by atoms with Crippen molar-refractivity contribution in [2.75, 3.05) is 26.7 Å². The first-order valence-corrected chi connectivity index (χ1v) is 11.4. The summed E-state index contributed by atoms with van der Waals surface area (Å²) in [5, 5.41) is 10.5. The molecule has 0 aliphatic carbocycles. The van der Waals surface area contributed by atoms with E-state index in [0.717, 1.165) is 62.6 Å². The summed E-state index contributed by atoms with van der Waals surface area (Å²) in [6, 6.07) is 10.5. The highest BCUT2D eigenvalue weighted by atomic mass is 16.2. The molecule has 0 radical (unpaired) electrons. The van der Waals surface area contributed by atoms with Crippen molar-refractivity contribution in [3.63, 3.8) is 0 Å². The van der Waals surface area contributed by atoms with Crippen LogP contribution in [0.1, 0.15) is 62.5 Å². The first-order valence-electron chi connectivity index (χ1n) is 11.4. The maximum absolute atomic E-state index is 13.3. The predicted molar refractivity (Wildman–Crippen MR) is 119 cm³/mol. The number of rotatable bonds is 4. The lowest BCUT2D eigenvalue weighted by Crippen LogP contribution is -2.48. The SMILES string of the molecule is CCC1C(c2ccc(C#N)c3ncccc23)CCCN1C(=O)CC1CCN(C)CC1. The van der Waals surface area contributed by atoms with Crippen molar-refractivity contribution in [1.29, 1.82) is 5.26 Å². The zero-order valence-corrected chi connectivity index (χ0v) is 18.2. The minimum absolute atomic E-state index is 0.217. The third-order valence-corrected chi connectivity index (χ3v) is 7.14. The molecule has 2 aliphatic rings. The average Bonchev–Trinajstić information content (AvgIpc) is 2.79. The summed E-state index contributed by atoms with van der Waals surface area (Å²) in [5.41, 5.74) is 2.64. The Hall–Kier alpha value is -2.45. The Morgan fingerprint density at radius 1 is 1.20 bits per heavy atom. The number of hydrogen-bond donors (Lipinski definition) is 0. The van der Waals surface area contributed by atoms with Crippen molar-refractivity contribution in [2.45, 2.75) is 57.4 Å². The van der Waals surface area contributed by atoms with Gasteiger partial charge in [0.1, 0.15) is 6.07 Å². The third kappa shape index (κ3) is 4.06. The van der Waals surface area contributed by atoms with Crippen LogP contribution in [0.3, 0.4) is 0 Å². The molecule has 2 saturated heterocycles. The number of likely N-dealkylation sites (tertiary alicyclic amines) is 2. The van der Waals surface area contributed by atoms with Crippen LogP contribution in [0.25, 0.3) is 10.9 Å². The lowest BCUT2D eigenvalue weighted by atomic mass is 9.80. The number of benzene rings is 1. The molecule has 2 atom stereocenters. The van der Waals surface area contributed by atoms with Gasteiger partial charge in [-0.25, -0.2) is 0 Å². The molecule has 2 fully saturated rings. The van der Waals surface area contributed by atoms with Crippen LogP contribution in [-0.4, -0.2) is 53.4 Å². The molecule has 1 aromatic heterocycles. The second-order valence-electron chi connectivity index (χ2n) is 8.98. The summed E-state index contributed by atoms with van der Waals surface area (Å²) in [7, 11) is 2.16. The van der Waals surface area contributed by atoms with Gasteiger partial charge in [-0.3, -0.25) is 9.78 Å². The molecule has 0 saturated carbocycles. The molecular formula is C25H32N4O. The Labute approximate surface area is 179 Å². The Bertz CT molecular complexity index is 942. The van der Waals surface area contributed by atoms with Gasteiger partial charge in [0, 0.05) is 36.5 Å². The molecule has 3 heterocycles. The minimum atomic E-state index is 0.217. The van der Waals surface area contributed by atoms with Crippen molar-refractivity contribution in [3.8, 4) is 6.07 Å². The third-order valence-electron chi connectivity index (χ3n) is 7.14. The Morgan fingerprint density at radius 2 is 2.00 bits per heavy atom. The molecule has 5 heteroatoms. The van der Waals surface area contributed by atoms with Gasteiger partial charge in [-0.05, 0) is 75.9 Å². The minimum Gasteiger partial charge on any atom is -0.339 e. The fourth-order valence-electron chi connectivity index (χ4n) is 5.47. The molecule has 0 bridgehead atoms. The van der Waals surface area contributed by atoms with Crippen LogP contribution in [0.15, 0.2) is 30.5 Å². The van der Waals surface area contributed by atoms with Crippen molar-refractivity contribution < 1.29 is 4.79 Å². The number of carbonyl (C=O) groups excluding carboxylic acids is 1. The monoisotopic (exact) mass is 404 g/mol. The van der Waals surface area contributed by atoms with Gasteiger partial charge in [-0.15, -0.1) is 0 Å². The molecule has 158 valence electrons. The number of aromatic nitrogens is 1. The van der Waals surface area contributed by atoms with E-state index in [-0.39, 0.29) is 6.04 Å². The number of nitrogens with zero attached hydrogens (tertiary/aromatic N) is 4. The zero-order valence-electron chi connectivity index (χ0n) is 18.2. The normalized spacial score (nSPS) is 23.4. The van der Waals surface area contributed by atoms with Crippen molar-refractivity contribution in [2.24, 2.45) is 5.92 Å². The second-order valence-corrected chi connectivity index (χ2v) is 8.98. The molecule has 1 aromatic carbocycles. The van der Waals surface area contributed by atoms with Gasteiger partial charge in [-0.1, -0.05) is 19.1 Å². The van der Waals surface area contributed by atoms with E-state index < -0.39 is 0 Å². The maximum atomic E-state index is 13.3. The summed E-state index contributed by atoms with van der Waals surface area (Å²) in [5.74, 6) is 1.15. The van der Waals surface area contributed by atoms with Gasteiger partial charge in [0.15, 0.2) is 0 Å². The first-order chi connectivity index (χ1) is 14.6. The summed E-state index contributed by atoms with van der Waals surface area (Å²) in [4.78, 5) is 22.3. The highest BCUT2D eigenvalue weighted by Crippen LogP contribution is 2.38. The quantitative estimate of drug-likeness (QED) is 0.761. The van der Waals surface area contributed by atoms with E-state index in [1.165, 1.54) is 5.56 Å². The number of fused-ring (bicyclic) bond motifs is 1. The van der Waals surface area contributed by atoms with Gasteiger partial charge in [0.05, 0.1) is 11.1 Å². The Balaban J connectivity index is 1.59. The fraction of sp³-hybridized carbons (Fsp3) is 0.560. The van der Waals surface area contributed by atoms with E-state index in [1.807, 2.05) is 12.1 Å². The van der Waals surface area contributed by atoms with Crippen molar-refractivity contribution in [1.82, 2.24) is 14.8 Å². The Kier molecular flexibility index (Phi) is 6.34. The van der Waals surface area contributed by atoms with E-state index in [9.17, 15) is 10.1 Å². The van der Waals surface area contributed by atoms with Crippen molar-refractivity contribution >= 4 is 16.8 Å². The molecule has 0 N–H and O–H groups in total. The van der Waals surface area contributed by atoms with E-state index in [2.05, 4.69) is 47.0 Å². The molecule has 2 unspecified atom stereocenters. The maximum Gasteiger partial charge on any atom is 0.223 e. The number of pyridine rings is 1. The molecule has 5 nitrogen and oxygen atoms in total. The summed E-state index contributed by atoms with van der Waals surface area (Å²) >= 11 is 0. The topological polar surface area (TPSA) is 60.2 Å². The van der Waals surface area contributed by atoms with Crippen LogP contribution in [0.5, 0.6) is 0 Å². The van der Waals surface area contributed by atoms with Gasteiger partial charge in [0.25, 0.3) is 0 Å². The van der Waals surface area contributed by atoms with Crippen LogP contribution >= 0.6 is 0 Å². The van der Waals surface area contributed by atoms with Gasteiger partial charge >= 0.3 is 0 Å². The number of amides is 1. The van der Waals surface area contributed by atoms with Crippen LogP contribution in [-0.2, 0) is 4.79 Å². The molecule has 1 amide bonds. The van der Waals surface area contributed by atoms with Crippen LogP contribution in [0.2, 0.25) is 0 Å². The second kappa shape index (κ2) is 9.14. The Morgan fingerprint density at radius 3 is 2.73 bits per heavy atom. The van der Waals surface area contributed by atoms with Gasteiger partial charge in [-0.2, -0.15) is 5.26 Å². The fourth-order valence-corrected chi connectivity index (χ4v) is 5.47. The summed E-state index contributed by atoms with van der Waals surface area (Å²) in [6.07, 6.45) is 7.75. The molecule has 4 rings (SSSR count). The van der Waals surface area contributed by atoms with Crippen molar-refractivity contribution in [3.05, 3.63) is 41.6 Å². The summed E-state index contributed by atoms with van der Waals surface area (Å²) < 4.78 is 0. The van der Waals surface area contributed by atoms with E-state index in [0.29, 0.717) is 29.7 Å². The largest absolute Gasteiger partial charge is 0.339 e. The summed E-state index contributed by atoms with van der Waals surface area (Å²) in [6.45, 7) is 5.26. The van der Waals surface area contributed by atoms with Gasteiger partial charge in [0.2, 0.25) is 5.91 Å². The van der Waals surface area contributed by atoms with E-state index >= 15 is 0 Å². The predicted octanol–water partition coefficient (Wildman–Crippen LogP) is 4.32. The van der Waals surface area contributed by atoms with E-state index in [4.69, 9.17) is 0 Å². The molecule has 30 heavy (non-hydrogen) atoms. The lowest BCUT2D eigenvalue weighted by molar-refractivity contribution is -0.136. The smallest absolute Gasteiger partial charge is 0.223 e. The highest BCUT2D eigenvalue weighted by molar-refractivity contribution is 5.87. The van der Waals surface area contributed by atoms with Gasteiger partial charge < -0.3 is 9.80 Å². The van der Waals surface area contributed by atoms with Crippen LogP contribution < -0.4 is 0 Å². The average molecular weight is 405 g/mol. The van der Waals surface area contributed by atoms with Crippen LogP contribution in [0, 0.1) is 17.2 Å². The van der Waals surface area contributed by atoms with Crippen LogP contribution in [0.4, 0.5) is 0 Å². The standard InChI is InChI=1S/C25H32N4O/c1-3-23-21(20-9-8-19(17-26)25-22(20)6-4-12-27-25)7-5-13-29(23)24(30)16-18-10-14-28(2)15-11-18/h4,6,8-9,12,18,21,23H,3,5,7,10-11,13-16H2,1-2H3. The molecular weight excluding hydrogens is 372 g/mol. The first kappa shape index (κ1) is 20.8. The number of piperidine rings is 2. The number of nitriles is 1. The molecule has 2 aliphatic heterocycles. The zero-order chi connectivity index (χ0) is 21.1. The molecule has 2 aromatic rings. The number of hydrogen-bond acceptors (Lipinski definition) is 4. The highest BCUT2D eigenvalue weighted by Gasteiger charge is 2.35.